The fraction of sp³-hybridized carbons (Fsp3) is 0.300. The molecular formula is C20H27B6N5OS. The molecule has 4 rings (SSSR count). The second-order valence-electron chi connectivity index (χ2n) is 10.9. The molecule has 0 aliphatic carbocycles. The highest BCUT2D eigenvalue weighted by molar-refractivity contribution is 7.26. The van der Waals surface area contributed by atoms with E-state index >= 15 is 0 Å². The first kappa shape index (κ1) is 23.9. The molecule has 13 heteroatoms. The van der Waals surface area contributed by atoms with Gasteiger partial charge in [0.05, 0.1) is 69.3 Å². The molecule has 0 aliphatic rings. The fourth-order valence-corrected chi connectivity index (χ4v) is 6.00. The summed E-state index contributed by atoms with van der Waals surface area (Å²) in [5.41, 5.74) is 3.14. The first-order valence-electron chi connectivity index (χ1n) is 11.3. The molecule has 0 atom stereocenters. The summed E-state index contributed by atoms with van der Waals surface area (Å²) < 4.78 is 1.04. The fourth-order valence-electron chi connectivity index (χ4n) is 4.89. The third-order valence-electron chi connectivity index (χ3n) is 6.70. The smallest absolute Gasteiger partial charge is 0.167 e. The van der Waals surface area contributed by atoms with Crippen molar-refractivity contribution in [1.82, 2.24) is 20.4 Å². The second-order valence-corrected chi connectivity index (χ2v) is 11.9. The zero-order valence-electron chi connectivity index (χ0n) is 20.7. The number of nitrogens with one attached hydrogen (secondary N) is 1. The average molecular weight is 450 g/mol. The van der Waals surface area contributed by atoms with Crippen LogP contribution in [0.25, 0.3) is 20.3 Å². The molecule has 2 N–H and O–H groups in total. The number of hydrogen-bond donors (Lipinski definition) is 2. The maximum atomic E-state index is 11.7. The molecule has 3 heterocycles. The van der Waals surface area contributed by atoms with Crippen LogP contribution in [-0.2, 0) is 12.1 Å². The summed E-state index contributed by atoms with van der Waals surface area (Å²) in [5, 5.41) is 33.9. The number of thiophene rings is 1. The van der Waals surface area contributed by atoms with E-state index in [0.29, 0.717) is 6.54 Å². The molecule has 1 aromatic carbocycles. The van der Waals surface area contributed by atoms with E-state index in [-0.39, 0.29) is 10.2 Å². The van der Waals surface area contributed by atoms with Gasteiger partial charge in [0.15, 0.2) is 5.82 Å². The number of hydrogen-bond acceptors (Lipinski definition) is 7. The second kappa shape index (κ2) is 8.20. The molecule has 0 aliphatic heterocycles. The lowest BCUT2D eigenvalue weighted by atomic mass is 9.22. The van der Waals surface area contributed by atoms with Crippen molar-refractivity contribution < 1.29 is 5.11 Å². The quantitative estimate of drug-likeness (QED) is 0.331. The predicted molar refractivity (Wildman–Crippen MR) is 154 cm³/mol. The number of rotatable bonds is 6. The van der Waals surface area contributed by atoms with Crippen LogP contribution in [0.2, 0.25) is 10.2 Å². The summed E-state index contributed by atoms with van der Waals surface area (Å²) in [6.45, 7) is 4.66. The zero-order valence-corrected chi connectivity index (χ0v) is 21.6. The minimum Gasteiger partial charge on any atom is -0.388 e. The van der Waals surface area contributed by atoms with E-state index in [1.54, 1.807) is 11.3 Å². The van der Waals surface area contributed by atoms with Crippen molar-refractivity contribution in [3.05, 3.63) is 52.8 Å². The van der Waals surface area contributed by atoms with Gasteiger partial charge in [0.25, 0.3) is 0 Å². The summed E-state index contributed by atoms with van der Waals surface area (Å²) in [5.74, 6) is 0.748. The lowest BCUT2D eigenvalue weighted by Gasteiger charge is -2.51. The van der Waals surface area contributed by atoms with Crippen molar-refractivity contribution in [3.8, 4) is 0 Å². The number of aliphatic hydroxyl groups is 1. The van der Waals surface area contributed by atoms with Gasteiger partial charge in [0.2, 0.25) is 0 Å². The van der Waals surface area contributed by atoms with Gasteiger partial charge in [-0.15, -0.1) is 21.5 Å². The SMILES string of the molecule is BC(B)(B)C(O)(c1ccc(CNc2nncc3c2sc2nnc(C)c(C)c23)cc1)C(B)(B)B. The molecule has 0 saturated heterocycles. The van der Waals surface area contributed by atoms with E-state index < -0.39 is 5.60 Å². The molecule has 3 aromatic heterocycles. The van der Waals surface area contributed by atoms with Crippen molar-refractivity contribution in [1.29, 1.82) is 0 Å². The lowest BCUT2D eigenvalue weighted by molar-refractivity contribution is 0.0382. The number of aromatic nitrogens is 4. The Kier molecular flexibility index (Phi) is 5.94. The van der Waals surface area contributed by atoms with E-state index in [2.05, 4.69) is 91.8 Å². The van der Waals surface area contributed by atoms with Gasteiger partial charge in [-0.2, -0.15) is 10.2 Å². The largest absolute Gasteiger partial charge is 0.388 e. The standard InChI is InChI=1S/C20H27B6N5OS/c1-9-10(2)29-31-17-14(9)13-8-28-30-16(15(13)33-17)27-7-11-3-5-12(6-4-11)18(32,19(21,22)23)20(24,25)26/h3-6,8,32H,7,21-26H2,1-2H3,(H,27,30). The minimum atomic E-state index is -0.961. The van der Waals surface area contributed by atoms with Gasteiger partial charge in [-0.3, -0.25) is 0 Å². The Bertz CT molecular complexity index is 1320. The summed E-state index contributed by atoms with van der Waals surface area (Å²) in [4.78, 5) is 0.902. The van der Waals surface area contributed by atoms with E-state index in [1.165, 1.54) is 0 Å². The van der Waals surface area contributed by atoms with Crippen LogP contribution in [0.5, 0.6) is 0 Å². The van der Waals surface area contributed by atoms with Crippen LogP contribution in [0.15, 0.2) is 30.5 Å². The molecule has 0 radical (unpaired) electrons. The topological polar surface area (TPSA) is 83.8 Å². The van der Waals surface area contributed by atoms with Gasteiger partial charge in [0.1, 0.15) is 4.83 Å². The van der Waals surface area contributed by atoms with Gasteiger partial charge < -0.3 is 10.4 Å². The summed E-state index contributed by atoms with van der Waals surface area (Å²) in [7, 11) is 12.5. The Morgan fingerprint density at radius 3 is 2.18 bits per heavy atom. The molecule has 162 valence electrons. The minimum absolute atomic E-state index is 0.309. The van der Waals surface area contributed by atoms with E-state index in [4.69, 9.17) is 0 Å². The monoisotopic (exact) mass is 451 g/mol. The molecule has 0 bridgehead atoms. The summed E-state index contributed by atoms with van der Waals surface area (Å²) in [6, 6.07) is 8.23. The zero-order chi connectivity index (χ0) is 24.2. The van der Waals surface area contributed by atoms with Gasteiger partial charge in [-0.1, -0.05) is 34.5 Å². The Morgan fingerprint density at radius 2 is 1.58 bits per heavy atom. The Morgan fingerprint density at radius 1 is 0.939 bits per heavy atom. The molecule has 0 amide bonds. The molecule has 0 unspecified atom stereocenters. The summed E-state index contributed by atoms with van der Waals surface area (Å²) >= 11 is 1.59. The molecule has 4 aromatic rings. The molecule has 6 nitrogen and oxygen atoms in total. The normalized spacial score (nSPS) is 12.9. The third-order valence-corrected chi connectivity index (χ3v) is 7.79. The van der Waals surface area contributed by atoms with Crippen molar-refractivity contribution >= 4 is 84.5 Å². The van der Waals surface area contributed by atoms with Gasteiger partial charge >= 0.3 is 0 Å². The first-order chi connectivity index (χ1) is 15.3. The number of nitrogens with zero attached hydrogens (tertiary/aromatic N) is 4. The predicted octanol–water partition coefficient (Wildman–Crippen LogP) is -2.00. The first-order valence-corrected chi connectivity index (χ1v) is 12.1. The van der Waals surface area contributed by atoms with Crippen LogP contribution in [0.1, 0.15) is 22.4 Å². The highest BCUT2D eigenvalue weighted by Crippen LogP contribution is 2.50. The van der Waals surface area contributed by atoms with Crippen LogP contribution >= 0.6 is 11.3 Å². The number of anilines is 1. The Labute approximate surface area is 204 Å². The van der Waals surface area contributed by atoms with Gasteiger partial charge in [-0.05, 0) is 30.5 Å². The number of benzene rings is 1. The third kappa shape index (κ3) is 3.99. The van der Waals surface area contributed by atoms with Crippen LogP contribution in [-0.4, -0.2) is 72.6 Å². The van der Waals surface area contributed by atoms with Crippen molar-refractivity contribution in [3.63, 3.8) is 0 Å². The van der Waals surface area contributed by atoms with Crippen molar-refractivity contribution in [2.75, 3.05) is 5.32 Å². The average Bonchev–Trinajstić information content (AvgIpc) is 3.13. The van der Waals surface area contributed by atoms with Crippen LogP contribution in [0.3, 0.4) is 0 Å². The molecule has 0 spiro atoms. The van der Waals surface area contributed by atoms with Crippen LogP contribution in [0.4, 0.5) is 5.82 Å². The number of fused-ring (bicyclic) bond motifs is 3. The van der Waals surface area contributed by atoms with Gasteiger partial charge in [-0.25, -0.2) is 0 Å². The maximum Gasteiger partial charge on any atom is 0.167 e. The highest BCUT2D eigenvalue weighted by atomic mass is 32.1. The Balaban J connectivity index is 1.62. The van der Waals surface area contributed by atoms with Gasteiger partial charge in [0, 0.05) is 17.3 Å². The van der Waals surface area contributed by atoms with Crippen molar-refractivity contribution in [2.45, 2.75) is 36.2 Å². The van der Waals surface area contributed by atoms with E-state index in [0.717, 1.165) is 48.5 Å². The Hall–Kier alpha value is -2.25. The van der Waals surface area contributed by atoms with E-state index in [9.17, 15) is 5.11 Å². The van der Waals surface area contributed by atoms with Crippen LogP contribution in [0, 0.1) is 13.8 Å². The number of aryl methyl sites for hydroxylation is 2. The van der Waals surface area contributed by atoms with Crippen molar-refractivity contribution in [2.24, 2.45) is 0 Å². The highest BCUT2D eigenvalue weighted by Gasteiger charge is 2.49. The van der Waals surface area contributed by atoms with E-state index in [1.807, 2.05) is 25.3 Å². The molecule has 33 heavy (non-hydrogen) atoms. The van der Waals surface area contributed by atoms with Crippen LogP contribution < -0.4 is 5.32 Å². The molecular weight excluding hydrogens is 423 g/mol. The molecule has 0 saturated carbocycles. The molecule has 0 fully saturated rings. The maximum absolute atomic E-state index is 11.7. The summed E-state index contributed by atoms with van der Waals surface area (Å²) in [6.07, 6.45) is 1.81. The lowest BCUT2D eigenvalue weighted by Crippen LogP contribution is -2.52.